The van der Waals surface area contributed by atoms with Crippen LogP contribution in [-0.4, -0.2) is 47.0 Å². The van der Waals surface area contributed by atoms with Gasteiger partial charge in [-0.25, -0.2) is 0 Å². The van der Waals surface area contributed by atoms with E-state index in [4.69, 9.17) is 0 Å². The van der Waals surface area contributed by atoms with E-state index in [-0.39, 0.29) is 28.8 Å². The van der Waals surface area contributed by atoms with Gasteiger partial charge in [-0.15, -0.1) is 0 Å². The third-order valence-electron chi connectivity index (χ3n) is 7.68. The normalized spacial score (nSPS) is 14.9. The predicted octanol–water partition coefficient (Wildman–Crippen LogP) is 4.32. The molecule has 0 saturated carbocycles. The molecule has 0 aliphatic carbocycles. The predicted molar refractivity (Wildman–Crippen MR) is 135 cm³/mol. The summed E-state index contributed by atoms with van der Waals surface area (Å²) in [4.78, 5) is 54.8. The zero-order chi connectivity index (χ0) is 25.9. The van der Waals surface area contributed by atoms with E-state index < -0.39 is 23.6 Å². The topological polar surface area (TPSA) is 122 Å². The first-order valence-electron chi connectivity index (χ1n) is 11.6. The zero-order valence-corrected chi connectivity index (χ0v) is 19.6. The first kappa shape index (κ1) is 21.0. The number of hydrogen-bond donors (Lipinski definition) is 0. The van der Waals surface area contributed by atoms with Crippen molar-refractivity contribution in [1.29, 1.82) is 10.5 Å². The third kappa shape index (κ3) is 2.21. The molecule has 0 saturated heterocycles. The maximum absolute atomic E-state index is 13.3. The Morgan fingerprint density at radius 2 is 1.05 bits per heavy atom. The summed E-state index contributed by atoms with van der Waals surface area (Å²) in [6.45, 7) is 1.90. The number of rotatable bonds is 1. The highest BCUT2D eigenvalue weighted by molar-refractivity contribution is 6.42. The molecule has 174 valence electrons. The van der Waals surface area contributed by atoms with Crippen LogP contribution in [0.5, 0.6) is 0 Å². The molecule has 0 aromatic heterocycles. The van der Waals surface area contributed by atoms with E-state index in [2.05, 4.69) is 12.1 Å². The maximum atomic E-state index is 13.3. The minimum atomic E-state index is -0.509. The van der Waals surface area contributed by atoms with Gasteiger partial charge < -0.3 is 0 Å². The molecule has 0 atom stereocenters. The number of imide groups is 2. The van der Waals surface area contributed by atoms with E-state index in [1.807, 2.05) is 0 Å². The third-order valence-corrected chi connectivity index (χ3v) is 7.68. The lowest BCUT2D eigenvalue weighted by atomic mass is 9.79. The molecule has 5 aromatic carbocycles. The van der Waals surface area contributed by atoms with E-state index in [1.54, 1.807) is 31.2 Å². The monoisotopic (exact) mass is 482 g/mol. The van der Waals surface area contributed by atoms with E-state index in [0.29, 0.717) is 54.2 Å². The molecule has 2 aliphatic rings. The molecule has 8 heteroatoms. The first-order valence-corrected chi connectivity index (χ1v) is 11.6. The Hall–Kier alpha value is -5.34. The van der Waals surface area contributed by atoms with Crippen molar-refractivity contribution in [2.75, 3.05) is 13.6 Å². The number of amides is 4. The van der Waals surface area contributed by atoms with E-state index in [0.717, 1.165) is 9.80 Å². The van der Waals surface area contributed by atoms with Crippen molar-refractivity contribution in [3.63, 3.8) is 0 Å². The smallest absolute Gasteiger partial charge is 0.261 e. The molecule has 0 N–H and O–H groups in total. The Kier molecular flexibility index (Phi) is 3.77. The Morgan fingerprint density at radius 1 is 0.622 bits per heavy atom. The van der Waals surface area contributed by atoms with Gasteiger partial charge in [0.05, 0.1) is 28.8 Å². The van der Waals surface area contributed by atoms with Crippen molar-refractivity contribution in [2.24, 2.45) is 0 Å². The number of hydrogen-bond acceptors (Lipinski definition) is 6. The first-order chi connectivity index (χ1) is 17.8. The van der Waals surface area contributed by atoms with Crippen LogP contribution in [0.25, 0.3) is 43.1 Å². The highest BCUT2D eigenvalue weighted by Crippen LogP contribution is 2.48. The fourth-order valence-electron chi connectivity index (χ4n) is 6.10. The standard InChI is InChI=1S/C29H14N4O4/c1-3-33-28(36)17-7-5-15-20-12(10-30)8-18-22-16(26(34)32(2)27(18)35)6-4-14(24(20)22)21-13(11-31)9-19(29(33)37)23(17)25(15)21/h4-9H,3H2,1-2H3. The van der Waals surface area contributed by atoms with E-state index >= 15 is 0 Å². The number of carbonyl (C=O) groups excluding carboxylic acids is 4. The van der Waals surface area contributed by atoms with Crippen LogP contribution >= 0.6 is 0 Å². The maximum Gasteiger partial charge on any atom is 0.261 e. The lowest BCUT2D eigenvalue weighted by Gasteiger charge is -2.29. The van der Waals surface area contributed by atoms with Crippen molar-refractivity contribution in [3.05, 3.63) is 69.8 Å². The highest BCUT2D eigenvalue weighted by atomic mass is 16.2. The van der Waals surface area contributed by atoms with Crippen LogP contribution in [0.1, 0.15) is 59.5 Å². The highest BCUT2D eigenvalue weighted by Gasteiger charge is 2.37. The molecule has 2 heterocycles. The summed E-state index contributed by atoms with van der Waals surface area (Å²) in [7, 11) is 1.40. The molecule has 0 spiro atoms. The summed E-state index contributed by atoms with van der Waals surface area (Å²) in [6, 6.07) is 14.1. The van der Waals surface area contributed by atoms with Gasteiger partial charge in [-0.3, -0.25) is 29.0 Å². The van der Waals surface area contributed by atoms with Crippen LogP contribution in [0.15, 0.2) is 36.4 Å². The molecule has 7 rings (SSSR count). The quantitative estimate of drug-likeness (QED) is 0.199. The van der Waals surface area contributed by atoms with Gasteiger partial charge in [-0.1, -0.05) is 12.1 Å². The molecule has 0 radical (unpaired) electrons. The molecular formula is C29H14N4O4. The molecule has 0 bridgehead atoms. The molecular weight excluding hydrogens is 468 g/mol. The van der Waals surface area contributed by atoms with Gasteiger partial charge in [0, 0.05) is 62.6 Å². The molecule has 4 amide bonds. The van der Waals surface area contributed by atoms with Gasteiger partial charge in [-0.05, 0) is 42.0 Å². The second-order valence-electron chi connectivity index (χ2n) is 9.26. The van der Waals surface area contributed by atoms with Gasteiger partial charge in [0.25, 0.3) is 23.6 Å². The Bertz CT molecular complexity index is 2090. The molecule has 5 aromatic rings. The average molecular weight is 482 g/mol. The summed E-state index contributed by atoms with van der Waals surface area (Å²) in [5.41, 5.74) is 1.64. The fraction of sp³-hybridized carbons (Fsp3) is 0.103. The second-order valence-corrected chi connectivity index (χ2v) is 9.26. The lowest BCUT2D eigenvalue weighted by Crippen LogP contribution is -2.40. The van der Waals surface area contributed by atoms with Gasteiger partial charge >= 0.3 is 0 Å². The Balaban J connectivity index is 1.84. The van der Waals surface area contributed by atoms with Crippen LogP contribution in [-0.2, 0) is 0 Å². The van der Waals surface area contributed by atoms with Gasteiger partial charge in [0.15, 0.2) is 0 Å². The molecule has 8 nitrogen and oxygen atoms in total. The van der Waals surface area contributed by atoms with Gasteiger partial charge in [0.2, 0.25) is 0 Å². The summed E-state index contributed by atoms with van der Waals surface area (Å²) in [5.74, 6) is -1.86. The SMILES string of the molecule is CCN1C(=O)c2ccc3c4c(C#N)cc5c6c(ccc(c7c(C#N)cc(c2c37)C1=O)c64)C(=O)N(C)C5=O. The van der Waals surface area contributed by atoms with Gasteiger partial charge in [0.1, 0.15) is 0 Å². The zero-order valence-electron chi connectivity index (χ0n) is 19.6. The summed E-state index contributed by atoms with van der Waals surface area (Å²) in [5, 5.41) is 24.5. The van der Waals surface area contributed by atoms with Crippen molar-refractivity contribution >= 4 is 66.7 Å². The number of nitrogens with zero attached hydrogens (tertiary/aromatic N) is 4. The Morgan fingerprint density at radius 3 is 1.54 bits per heavy atom. The van der Waals surface area contributed by atoms with Crippen LogP contribution in [0.4, 0.5) is 0 Å². The molecule has 2 aliphatic heterocycles. The second kappa shape index (κ2) is 6.66. The fourth-order valence-corrected chi connectivity index (χ4v) is 6.10. The minimum absolute atomic E-state index is 0.187. The molecule has 37 heavy (non-hydrogen) atoms. The van der Waals surface area contributed by atoms with E-state index in [1.165, 1.54) is 19.2 Å². The summed E-state index contributed by atoms with van der Waals surface area (Å²) in [6.07, 6.45) is 0. The van der Waals surface area contributed by atoms with Crippen molar-refractivity contribution in [3.8, 4) is 12.1 Å². The minimum Gasteiger partial charge on any atom is -0.277 e. The van der Waals surface area contributed by atoms with E-state index in [9.17, 15) is 29.7 Å². The van der Waals surface area contributed by atoms with Crippen molar-refractivity contribution < 1.29 is 19.2 Å². The summed E-state index contributed by atoms with van der Waals surface area (Å²) >= 11 is 0. The lowest BCUT2D eigenvalue weighted by molar-refractivity contribution is 0.0613. The van der Waals surface area contributed by atoms with Crippen LogP contribution in [0.3, 0.4) is 0 Å². The van der Waals surface area contributed by atoms with Crippen molar-refractivity contribution in [1.82, 2.24) is 9.80 Å². The number of benzene rings is 5. The van der Waals surface area contributed by atoms with Gasteiger partial charge in [-0.2, -0.15) is 10.5 Å². The molecule has 0 fully saturated rings. The number of fused-ring (bicyclic) bond motifs is 2. The van der Waals surface area contributed by atoms with Crippen LogP contribution < -0.4 is 0 Å². The number of carbonyl (C=O) groups is 4. The number of nitriles is 2. The largest absolute Gasteiger partial charge is 0.277 e. The average Bonchev–Trinajstić information content (AvgIpc) is 2.92. The molecule has 0 unspecified atom stereocenters. The van der Waals surface area contributed by atoms with Crippen LogP contribution in [0, 0.1) is 22.7 Å². The van der Waals surface area contributed by atoms with Crippen LogP contribution in [0.2, 0.25) is 0 Å². The Labute approximate surface area is 208 Å². The summed E-state index contributed by atoms with van der Waals surface area (Å²) < 4.78 is 0. The van der Waals surface area contributed by atoms with Crippen molar-refractivity contribution in [2.45, 2.75) is 6.92 Å².